The van der Waals surface area contributed by atoms with Crippen LogP contribution in [0.3, 0.4) is 0 Å². The van der Waals surface area contributed by atoms with E-state index in [1.165, 1.54) is 0 Å². The molecule has 0 aliphatic rings. The van der Waals surface area contributed by atoms with Crippen LogP contribution in [0, 0.1) is 11.3 Å². The Morgan fingerprint density at radius 3 is 2.84 bits per heavy atom. The maximum Gasteiger partial charge on any atom is 0.259 e. The summed E-state index contributed by atoms with van der Waals surface area (Å²) < 4.78 is 5.95. The van der Waals surface area contributed by atoms with E-state index in [0.717, 1.165) is 10.0 Å². The van der Waals surface area contributed by atoms with Crippen LogP contribution in [-0.2, 0) is 0 Å². The monoisotopic (exact) mass is 415 g/mol. The van der Waals surface area contributed by atoms with Crippen molar-refractivity contribution in [2.75, 3.05) is 7.11 Å². The van der Waals surface area contributed by atoms with Gasteiger partial charge in [-0.3, -0.25) is 4.79 Å². The van der Waals surface area contributed by atoms with Gasteiger partial charge in [-0.1, -0.05) is 17.7 Å². The molecule has 1 aromatic heterocycles. The third kappa shape index (κ3) is 3.58. The van der Waals surface area contributed by atoms with Gasteiger partial charge in [0.15, 0.2) is 5.82 Å². The molecule has 0 aliphatic carbocycles. The minimum absolute atomic E-state index is 0.203. The van der Waals surface area contributed by atoms with Crippen molar-refractivity contribution in [3.05, 3.63) is 67.6 Å². The maximum atomic E-state index is 12.2. The topological polar surface area (TPSA) is 78.8 Å². The molecule has 1 heterocycles. The zero-order valence-corrected chi connectivity index (χ0v) is 15.4. The first-order valence-corrected chi connectivity index (χ1v) is 8.34. The van der Waals surface area contributed by atoms with E-state index in [-0.39, 0.29) is 17.0 Å². The molecule has 0 aliphatic heterocycles. The Morgan fingerprint density at radius 2 is 2.16 bits per heavy atom. The molecule has 3 rings (SSSR count). The second-order valence-electron chi connectivity index (χ2n) is 5.14. The number of aromatic amines is 1. The van der Waals surface area contributed by atoms with Gasteiger partial charge in [0.05, 0.1) is 28.1 Å². The smallest absolute Gasteiger partial charge is 0.259 e. The summed E-state index contributed by atoms with van der Waals surface area (Å²) >= 11 is 9.31. The quantitative estimate of drug-likeness (QED) is 0.641. The standard InChI is InChI=1S/C18H11BrClN3O2/c1-25-16-5-2-10(7-14(16)19)6-11(9-21)17-22-15-4-3-12(20)8-13(15)18(24)23-17/h2-8H,1H3,(H,22,23,24)/b11-6+. The van der Waals surface area contributed by atoms with Crippen LogP contribution in [0.15, 0.2) is 45.7 Å². The Morgan fingerprint density at radius 1 is 1.36 bits per heavy atom. The number of halogens is 2. The molecule has 5 nitrogen and oxygen atoms in total. The molecule has 0 bridgehead atoms. The van der Waals surface area contributed by atoms with E-state index in [9.17, 15) is 10.1 Å². The summed E-state index contributed by atoms with van der Waals surface area (Å²) in [4.78, 5) is 19.2. The normalized spacial score (nSPS) is 11.4. The van der Waals surface area contributed by atoms with Crippen LogP contribution in [0.4, 0.5) is 0 Å². The van der Waals surface area contributed by atoms with Crippen LogP contribution in [0.1, 0.15) is 11.4 Å². The van der Waals surface area contributed by atoms with Crippen LogP contribution in [0.5, 0.6) is 5.75 Å². The van der Waals surface area contributed by atoms with Crippen molar-refractivity contribution >= 4 is 50.1 Å². The fourth-order valence-corrected chi connectivity index (χ4v) is 3.06. The molecular formula is C18H11BrClN3O2. The highest BCUT2D eigenvalue weighted by Gasteiger charge is 2.09. The van der Waals surface area contributed by atoms with E-state index in [0.29, 0.717) is 21.7 Å². The molecule has 0 saturated carbocycles. The number of nitrogens with one attached hydrogen (secondary N) is 1. The number of hydrogen-bond acceptors (Lipinski definition) is 4. The van der Waals surface area contributed by atoms with Crippen LogP contribution in [0.25, 0.3) is 22.6 Å². The molecule has 0 spiro atoms. The number of fused-ring (bicyclic) bond motifs is 1. The van der Waals surface area contributed by atoms with Crippen LogP contribution >= 0.6 is 27.5 Å². The van der Waals surface area contributed by atoms with Crippen LogP contribution in [0.2, 0.25) is 5.02 Å². The lowest BCUT2D eigenvalue weighted by molar-refractivity contribution is 0.412. The minimum Gasteiger partial charge on any atom is -0.496 e. The number of nitriles is 1. The van der Waals surface area contributed by atoms with Crippen molar-refractivity contribution in [1.82, 2.24) is 9.97 Å². The van der Waals surface area contributed by atoms with Gasteiger partial charge in [-0.15, -0.1) is 0 Å². The average molecular weight is 417 g/mol. The Hall–Kier alpha value is -2.62. The molecule has 2 aromatic carbocycles. The summed E-state index contributed by atoms with van der Waals surface area (Å²) in [6.45, 7) is 0. The van der Waals surface area contributed by atoms with Gasteiger partial charge in [0.25, 0.3) is 5.56 Å². The van der Waals surface area contributed by atoms with E-state index in [1.807, 2.05) is 6.07 Å². The number of hydrogen-bond donors (Lipinski definition) is 1. The molecule has 0 fully saturated rings. The lowest BCUT2D eigenvalue weighted by Crippen LogP contribution is -2.11. The fourth-order valence-electron chi connectivity index (χ4n) is 2.33. The van der Waals surface area contributed by atoms with Gasteiger partial charge in [-0.2, -0.15) is 5.26 Å². The summed E-state index contributed by atoms with van der Waals surface area (Å²) in [5.41, 5.74) is 1.13. The summed E-state index contributed by atoms with van der Waals surface area (Å²) in [6, 6.07) is 12.3. The first-order chi connectivity index (χ1) is 12.0. The lowest BCUT2D eigenvalue weighted by atomic mass is 10.1. The van der Waals surface area contributed by atoms with E-state index < -0.39 is 0 Å². The zero-order chi connectivity index (χ0) is 18.0. The van der Waals surface area contributed by atoms with Crippen molar-refractivity contribution in [1.29, 1.82) is 5.26 Å². The predicted octanol–water partition coefficient (Wildman–Crippen LogP) is 4.41. The van der Waals surface area contributed by atoms with Gasteiger partial charge >= 0.3 is 0 Å². The molecule has 0 amide bonds. The minimum atomic E-state index is -0.348. The lowest BCUT2D eigenvalue weighted by Gasteiger charge is -2.05. The van der Waals surface area contributed by atoms with Crippen molar-refractivity contribution in [3.8, 4) is 11.8 Å². The highest BCUT2D eigenvalue weighted by molar-refractivity contribution is 9.10. The Balaban J connectivity index is 2.11. The van der Waals surface area contributed by atoms with Crippen LogP contribution in [-0.4, -0.2) is 17.1 Å². The number of nitrogens with zero attached hydrogens (tertiary/aromatic N) is 2. The van der Waals surface area contributed by atoms with Gasteiger partial charge in [0.1, 0.15) is 11.8 Å². The summed E-state index contributed by atoms with van der Waals surface area (Å²) in [7, 11) is 1.58. The van der Waals surface area contributed by atoms with Gasteiger partial charge in [-0.05, 0) is 57.9 Å². The van der Waals surface area contributed by atoms with Gasteiger partial charge in [0.2, 0.25) is 0 Å². The summed E-state index contributed by atoms with van der Waals surface area (Å²) in [6.07, 6.45) is 1.64. The molecule has 0 atom stereocenters. The zero-order valence-electron chi connectivity index (χ0n) is 13.0. The largest absolute Gasteiger partial charge is 0.496 e. The third-order valence-electron chi connectivity index (χ3n) is 3.53. The molecule has 1 N–H and O–H groups in total. The molecule has 7 heteroatoms. The molecular weight excluding hydrogens is 406 g/mol. The van der Waals surface area contributed by atoms with E-state index in [4.69, 9.17) is 16.3 Å². The molecule has 124 valence electrons. The average Bonchev–Trinajstić information content (AvgIpc) is 2.60. The number of ether oxygens (including phenoxy) is 1. The number of methoxy groups -OCH3 is 1. The predicted molar refractivity (Wildman–Crippen MR) is 102 cm³/mol. The maximum absolute atomic E-state index is 12.2. The first kappa shape index (κ1) is 17.2. The van der Waals surface area contributed by atoms with Gasteiger partial charge < -0.3 is 9.72 Å². The molecule has 0 radical (unpaired) electrons. The number of H-pyrrole nitrogens is 1. The molecule has 3 aromatic rings. The summed E-state index contributed by atoms with van der Waals surface area (Å²) in [5, 5.41) is 10.3. The van der Waals surface area contributed by atoms with Crippen molar-refractivity contribution in [2.24, 2.45) is 0 Å². The van der Waals surface area contributed by atoms with E-state index in [2.05, 4.69) is 32.0 Å². The van der Waals surface area contributed by atoms with E-state index >= 15 is 0 Å². The third-order valence-corrected chi connectivity index (χ3v) is 4.38. The van der Waals surface area contributed by atoms with E-state index in [1.54, 1.807) is 43.5 Å². The Bertz CT molecular complexity index is 1100. The fraction of sp³-hybridized carbons (Fsp3) is 0.0556. The van der Waals surface area contributed by atoms with Gasteiger partial charge in [-0.25, -0.2) is 4.98 Å². The first-order valence-electron chi connectivity index (χ1n) is 7.17. The number of aromatic nitrogens is 2. The van der Waals surface area contributed by atoms with Crippen molar-refractivity contribution in [2.45, 2.75) is 0 Å². The number of rotatable bonds is 3. The highest BCUT2D eigenvalue weighted by atomic mass is 79.9. The molecule has 25 heavy (non-hydrogen) atoms. The summed E-state index contributed by atoms with van der Waals surface area (Å²) in [5.74, 6) is 0.888. The number of benzene rings is 2. The second-order valence-corrected chi connectivity index (χ2v) is 6.43. The van der Waals surface area contributed by atoms with Gasteiger partial charge in [0, 0.05) is 5.02 Å². The van der Waals surface area contributed by atoms with Crippen molar-refractivity contribution in [3.63, 3.8) is 0 Å². The number of allylic oxidation sites excluding steroid dienone is 1. The SMILES string of the molecule is COc1ccc(/C=C(\C#N)c2nc3ccc(Cl)cc3c(=O)[nH]2)cc1Br. The molecule has 0 unspecified atom stereocenters. The Labute approximate surface area is 156 Å². The highest BCUT2D eigenvalue weighted by Crippen LogP contribution is 2.27. The molecule has 0 saturated heterocycles. The second kappa shape index (κ2) is 7.09. The Kier molecular flexibility index (Phi) is 4.88. The van der Waals surface area contributed by atoms with Crippen molar-refractivity contribution < 1.29 is 4.74 Å². The van der Waals surface area contributed by atoms with Crippen LogP contribution < -0.4 is 10.3 Å².